The minimum Gasteiger partial charge on any atom is -0.463 e. The first-order valence-corrected chi connectivity index (χ1v) is 8.51. The second kappa shape index (κ2) is 8.73. The van der Waals surface area contributed by atoms with Crippen LogP contribution in [0.2, 0.25) is 5.02 Å². The Hall–Kier alpha value is -2.01. The van der Waals surface area contributed by atoms with Crippen LogP contribution in [0.4, 0.5) is 0 Å². The third-order valence-corrected chi connectivity index (χ3v) is 4.02. The van der Waals surface area contributed by atoms with Gasteiger partial charge >= 0.3 is 11.9 Å². The lowest BCUT2D eigenvalue weighted by molar-refractivity contribution is -0.166. The molecule has 0 bridgehead atoms. The van der Waals surface area contributed by atoms with Gasteiger partial charge in [0, 0.05) is 17.1 Å². The normalized spacial score (nSPS) is 12.1. The molecule has 0 spiro atoms. The summed E-state index contributed by atoms with van der Waals surface area (Å²) in [5.41, 5.74) is 1.60. The second-order valence-corrected chi connectivity index (χ2v) is 6.07. The fourth-order valence-electron chi connectivity index (χ4n) is 2.43. The van der Waals surface area contributed by atoms with Crippen LogP contribution in [0.25, 0.3) is 10.9 Å². The molecule has 1 aromatic heterocycles. The molecule has 2 aromatic rings. The average molecular weight is 352 g/mol. The van der Waals surface area contributed by atoms with Gasteiger partial charge in [0.2, 0.25) is 0 Å². The molecule has 0 aliphatic rings. The number of carbonyl (C=O) groups is 2. The molecule has 0 aliphatic heterocycles. The maximum Gasteiger partial charge on any atom is 0.347 e. The molecule has 1 N–H and O–H groups in total. The van der Waals surface area contributed by atoms with Crippen molar-refractivity contribution in [2.24, 2.45) is 0 Å². The Labute approximate surface area is 146 Å². The fraction of sp³-hybridized carbons (Fsp3) is 0.444. The first kappa shape index (κ1) is 18.3. The Balaban J connectivity index is 1.89. The highest BCUT2D eigenvalue weighted by atomic mass is 35.5. The van der Waals surface area contributed by atoms with Crippen molar-refractivity contribution in [2.75, 3.05) is 6.61 Å². The predicted octanol–water partition coefficient (Wildman–Crippen LogP) is 4.03. The number of esters is 2. The van der Waals surface area contributed by atoms with E-state index < -0.39 is 18.0 Å². The number of hydrogen-bond acceptors (Lipinski definition) is 4. The molecule has 0 aliphatic carbocycles. The molecule has 0 saturated carbocycles. The van der Waals surface area contributed by atoms with Crippen molar-refractivity contribution < 1.29 is 19.1 Å². The summed E-state index contributed by atoms with van der Waals surface area (Å²) in [5.74, 6) is -1.01. The summed E-state index contributed by atoms with van der Waals surface area (Å²) in [6.45, 7) is 3.94. The number of H-pyrrole nitrogens is 1. The predicted molar refractivity (Wildman–Crippen MR) is 93.1 cm³/mol. The lowest BCUT2D eigenvalue weighted by atomic mass is 10.1. The average Bonchev–Trinajstić information content (AvgIpc) is 2.95. The van der Waals surface area contributed by atoms with Crippen molar-refractivity contribution in [3.63, 3.8) is 0 Å². The number of ether oxygens (including phenoxy) is 2. The first-order chi connectivity index (χ1) is 11.5. The van der Waals surface area contributed by atoms with E-state index in [0.717, 1.165) is 35.7 Å². The van der Waals surface area contributed by atoms with Gasteiger partial charge in [-0.1, -0.05) is 37.4 Å². The number of unbranched alkanes of at least 4 members (excludes halogenated alkanes) is 2. The van der Waals surface area contributed by atoms with E-state index in [-0.39, 0.29) is 6.42 Å². The molecular formula is C18H22ClNO4. The van der Waals surface area contributed by atoms with Gasteiger partial charge in [0.1, 0.15) is 0 Å². The molecular weight excluding hydrogens is 330 g/mol. The maximum absolute atomic E-state index is 12.1. The molecule has 1 atom stereocenters. The summed E-state index contributed by atoms with van der Waals surface area (Å²) in [6, 6.07) is 5.48. The molecule has 24 heavy (non-hydrogen) atoms. The summed E-state index contributed by atoms with van der Waals surface area (Å²) >= 11 is 6.18. The minimum absolute atomic E-state index is 0.0389. The number of hydrogen-bond donors (Lipinski definition) is 1. The van der Waals surface area contributed by atoms with E-state index in [1.54, 1.807) is 12.3 Å². The highest BCUT2D eigenvalue weighted by Gasteiger charge is 2.20. The molecule has 0 amide bonds. The molecule has 1 heterocycles. The zero-order valence-electron chi connectivity index (χ0n) is 13.9. The fourth-order valence-corrected chi connectivity index (χ4v) is 2.73. The van der Waals surface area contributed by atoms with Crippen LogP contribution in [-0.2, 0) is 25.5 Å². The first-order valence-electron chi connectivity index (χ1n) is 8.13. The Bertz CT molecular complexity index is 710. The van der Waals surface area contributed by atoms with Crippen LogP contribution in [0.3, 0.4) is 0 Å². The Morgan fingerprint density at radius 2 is 2.08 bits per heavy atom. The van der Waals surface area contributed by atoms with Gasteiger partial charge in [0.05, 0.1) is 18.1 Å². The van der Waals surface area contributed by atoms with Crippen molar-refractivity contribution in [1.29, 1.82) is 0 Å². The van der Waals surface area contributed by atoms with Crippen molar-refractivity contribution >= 4 is 34.4 Å². The summed E-state index contributed by atoms with van der Waals surface area (Å²) in [6.07, 6.45) is 3.72. The quantitative estimate of drug-likeness (QED) is 0.576. The van der Waals surface area contributed by atoms with E-state index in [4.69, 9.17) is 21.1 Å². The number of nitrogens with one attached hydrogen (secondary N) is 1. The molecule has 6 heteroatoms. The van der Waals surface area contributed by atoms with E-state index in [1.165, 1.54) is 6.92 Å². The SMILES string of the molecule is CCCCCOC(=O)[C@H](C)OC(=O)Cc1c[nH]c2cccc(Cl)c12. The van der Waals surface area contributed by atoms with Crippen LogP contribution in [0.1, 0.15) is 38.7 Å². The highest BCUT2D eigenvalue weighted by molar-refractivity contribution is 6.35. The molecule has 1 aromatic carbocycles. The van der Waals surface area contributed by atoms with E-state index >= 15 is 0 Å². The van der Waals surface area contributed by atoms with Gasteiger partial charge < -0.3 is 14.5 Å². The third-order valence-electron chi connectivity index (χ3n) is 3.70. The summed E-state index contributed by atoms with van der Waals surface area (Å²) in [7, 11) is 0. The molecule has 5 nitrogen and oxygen atoms in total. The smallest absolute Gasteiger partial charge is 0.347 e. The number of fused-ring (bicyclic) bond motifs is 1. The van der Waals surface area contributed by atoms with Crippen LogP contribution >= 0.6 is 11.6 Å². The number of rotatable bonds is 8. The molecule has 2 rings (SSSR count). The number of benzene rings is 1. The summed E-state index contributed by atoms with van der Waals surface area (Å²) in [5, 5.41) is 1.37. The second-order valence-electron chi connectivity index (χ2n) is 5.66. The maximum atomic E-state index is 12.1. The van der Waals surface area contributed by atoms with Crippen molar-refractivity contribution in [3.8, 4) is 0 Å². The molecule has 0 saturated heterocycles. The summed E-state index contributed by atoms with van der Waals surface area (Å²) in [4.78, 5) is 26.9. The molecule has 0 fully saturated rings. The Kier molecular flexibility index (Phi) is 6.67. The van der Waals surface area contributed by atoms with E-state index in [2.05, 4.69) is 11.9 Å². The standard InChI is InChI=1S/C18H22ClNO4/c1-3-4-5-9-23-18(22)12(2)24-16(21)10-13-11-20-15-8-6-7-14(19)17(13)15/h6-8,11-12,20H,3-5,9-10H2,1-2H3/t12-/m0/s1. The Morgan fingerprint density at radius 1 is 1.29 bits per heavy atom. The van der Waals surface area contributed by atoms with Gasteiger partial charge in [0.25, 0.3) is 0 Å². The lowest BCUT2D eigenvalue weighted by Crippen LogP contribution is -2.27. The van der Waals surface area contributed by atoms with Gasteiger partial charge in [-0.2, -0.15) is 0 Å². The van der Waals surface area contributed by atoms with Gasteiger partial charge in [0.15, 0.2) is 6.10 Å². The van der Waals surface area contributed by atoms with Gasteiger partial charge in [-0.05, 0) is 31.0 Å². The van der Waals surface area contributed by atoms with E-state index in [9.17, 15) is 9.59 Å². The topological polar surface area (TPSA) is 68.4 Å². The molecule has 130 valence electrons. The van der Waals surface area contributed by atoms with Gasteiger partial charge in [-0.25, -0.2) is 4.79 Å². The summed E-state index contributed by atoms with van der Waals surface area (Å²) < 4.78 is 10.2. The monoisotopic (exact) mass is 351 g/mol. The van der Waals surface area contributed by atoms with Crippen LogP contribution in [0.5, 0.6) is 0 Å². The van der Waals surface area contributed by atoms with Crippen LogP contribution in [0, 0.1) is 0 Å². The number of halogens is 1. The number of carbonyl (C=O) groups excluding carboxylic acids is 2. The minimum atomic E-state index is -0.917. The van der Waals surface area contributed by atoms with E-state index in [1.807, 2.05) is 12.1 Å². The van der Waals surface area contributed by atoms with Crippen LogP contribution in [-0.4, -0.2) is 29.6 Å². The zero-order valence-corrected chi connectivity index (χ0v) is 14.7. The molecule has 0 unspecified atom stereocenters. The van der Waals surface area contributed by atoms with Crippen LogP contribution < -0.4 is 0 Å². The van der Waals surface area contributed by atoms with Crippen molar-refractivity contribution in [1.82, 2.24) is 4.98 Å². The van der Waals surface area contributed by atoms with Gasteiger partial charge in [-0.15, -0.1) is 0 Å². The lowest BCUT2D eigenvalue weighted by Gasteiger charge is -2.12. The van der Waals surface area contributed by atoms with Crippen molar-refractivity contribution in [3.05, 3.63) is 35.0 Å². The molecule has 0 radical (unpaired) electrons. The highest BCUT2D eigenvalue weighted by Crippen LogP contribution is 2.27. The third kappa shape index (κ3) is 4.74. The zero-order chi connectivity index (χ0) is 17.5. The van der Waals surface area contributed by atoms with Crippen LogP contribution in [0.15, 0.2) is 24.4 Å². The Morgan fingerprint density at radius 3 is 2.83 bits per heavy atom. The number of aromatic nitrogens is 1. The van der Waals surface area contributed by atoms with E-state index in [0.29, 0.717) is 11.6 Å². The number of aromatic amines is 1. The van der Waals surface area contributed by atoms with Gasteiger partial charge in [-0.3, -0.25) is 4.79 Å². The largest absolute Gasteiger partial charge is 0.463 e. The van der Waals surface area contributed by atoms with Crippen molar-refractivity contribution in [2.45, 2.75) is 45.6 Å².